The molecule has 1 aromatic rings. The van der Waals surface area contributed by atoms with Gasteiger partial charge in [0.25, 0.3) is 0 Å². The number of carboxylic acid groups (broad SMARTS) is 1. The fourth-order valence-electron chi connectivity index (χ4n) is 2.90. The second-order valence-electron chi connectivity index (χ2n) is 5.22. The van der Waals surface area contributed by atoms with Crippen LogP contribution in [0.5, 0.6) is 0 Å². The molecule has 1 aliphatic carbocycles. The summed E-state index contributed by atoms with van der Waals surface area (Å²) < 4.78 is 0.937. The third kappa shape index (κ3) is 1.74. The molecule has 3 rings (SSSR count). The maximum atomic E-state index is 11.6. The van der Waals surface area contributed by atoms with E-state index < -0.39 is 11.4 Å². The lowest BCUT2D eigenvalue weighted by atomic mass is 9.94. The Labute approximate surface area is 115 Å². The van der Waals surface area contributed by atoms with Gasteiger partial charge in [-0.3, -0.25) is 4.79 Å². The fourth-order valence-corrected chi connectivity index (χ4v) is 3.64. The molecule has 1 saturated carbocycles. The first-order valence-corrected chi connectivity index (χ1v) is 7.22. The van der Waals surface area contributed by atoms with E-state index in [9.17, 15) is 9.90 Å². The molecule has 0 bridgehead atoms. The van der Waals surface area contributed by atoms with Crippen LogP contribution in [-0.4, -0.2) is 24.2 Å². The summed E-state index contributed by atoms with van der Waals surface area (Å²) in [6.45, 7) is 2.08. The number of benzene rings is 1. The van der Waals surface area contributed by atoms with Gasteiger partial charge in [0, 0.05) is 28.8 Å². The first-order chi connectivity index (χ1) is 8.65. The van der Waals surface area contributed by atoms with E-state index in [2.05, 4.69) is 26.9 Å². The minimum absolute atomic E-state index is 0.641. The molecule has 0 amide bonds. The van der Waals surface area contributed by atoms with Crippen molar-refractivity contribution in [3.63, 3.8) is 0 Å². The molecular formula is C14H16BrNO2. The first-order valence-electron chi connectivity index (χ1n) is 6.42. The third-order valence-electron chi connectivity index (χ3n) is 4.08. The number of aliphatic carboxylic acids is 1. The minimum atomic E-state index is -0.685. The maximum absolute atomic E-state index is 11.6. The van der Waals surface area contributed by atoms with Gasteiger partial charge in [0.05, 0.1) is 5.41 Å². The van der Waals surface area contributed by atoms with Crippen molar-refractivity contribution in [1.29, 1.82) is 0 Å². The normalized spacial score (nSPS) is 21.1. The van der Waals surface area contributed by atoms with E-state index in [1.54, 1.807) is 0 Å². The highest BCUT2D eigenvalue weighted by atomic mass is 79.9. The third-order valence-corrected chi connectivity index (χ3v) is 4.74. The quantitative estimate of drug-likeness (QED) is 0.932. The summed E-state index contributed by atoms with van der Waals surface area (Å²) in [7, 11) is 0. The second kappa shape index (κ2) is 4.26. The topological polar surface area (TPSA) is 40.5 Å². The Bertz CT molecular complexity index is 491. The van der Waals surface area contributed by atoms with E-state index in [0.29, 0.717) is 0 Å². The van der Waals surface area contributed by atoms with Crippen molar-refractivity contribution < 1.29 is 9.90 Å². The summed E-state index contributed by atoms with van der Waals surface area (Å²) in [5.74, 6) is -0.685. The van der Waals surface area contributed by atoms with Gasteiger partial charge in [-0.15, -0.1) is 0 Å². The maximum Gasteiger partial charge on any atom is 0.314 e. The van der Waals surface area contributed by atoms with Gasteiger partial charge in [-0.05, 0) is 37.8 Å². The van der Waals surface area contributed by atoms with Crippen molar-refractivity contribution in [1.82, 2.24) is 0 Å². The molecule has 1 heterocycles. The highest BCUT2D eigenvalue weighted by Gasteiger charge is 2.54. The first kappa shape index (κ1) is 12.0. The van der Waals surface area contributed by atoms with Gasteiger partial charge in [0.1, 0.15) is 0 Å². The molecule has 0 aromatic heterocycles. The van der Waals surface area contributed by atoms with E-state index in [-0.39, 0.29) is 0 Å². The molecule has 1 aromatic carbocycles. The number of carboxylic acids is 1. The van der Waals surface area contributed by atoms with Crippen molar-refractivity contribution in [2.24, 2.45) is 0 Å². The van der Waals surface area contributed by atoms with Crippen LogP contribution in [0.3, 0.4) is 0 Å². The van der Waals surface area contributed by atoms with Gasteiger partial charge < -0.3 is 10.0 Å². The molecule has 2 fully saturated rings. The number of hydrogen-bond acceptors (Lipinski definition) is 2. The average molecular weight is 310 g/mol. The molecular weight excluding hydrogens is 294 g/mol. The van der Waals surface area contributed by atoms with Gasteiger partial charge in [-0.1, -0.05) is 22.0 Å². The SMILES string of the molecule is O=C(O)C1(c2c(Br)cccc2N2CCCC2)CC1. The van der Waals surface area contributed by atoms with Crippen molar-refractivity contribution in [3.8, 4) is 0 Å². The summed E-state index contributed by atoms with van der Waals surface area (Å²) in [6.07, 6.45) is 3.91. The highest BCUT2D eigenvalue weighted by molar-refractivity contribution is 9.10. The molecule has 3 nitrogen and oxygen atoms in total. The molecule has 1 saturated heterocycles. The van der Waals surface area contributed by atoms with Crippen LogP contribution < -0.4 is 4.90 Å². The number of anilines is 1. The molecule has 1 aliphatic heterocycles. The van der Waals surface area contributed by atoms with E-state index in [4.69, 9.17) is 0 Å². The van der Waals surface area contributed by atoms with Gasteiger partial charge >= 0.3 is 5.97 Å². The monoisotopic (exact) mass is 309 g/mol. The molecule has 0 atom stereocenters. The van der Waals surface area contributed by atoms with Crippen LogP contribution in [0.25, 0.3) is 0 Å². The molecule has 0 radical (unpaired) electrons. The molecule has 1 N–H and O–H groups in total. The zero-order valence-corrected chi connectivity index (χ0v) is 11.7. The van der Waals surface area contributed by atoms with Gasteiger partial charge in [-0.25, -0.2) is 0 Å². The smallest absolute Gasteiger partial charge is 0.314 e. The number of hydrogen-bond donors (Lipinski definition) is 1. The Balaban J connectivity index is 2.09. The molecule has 4 heteroatoms. The Morgan fingerprint density at radius 2 is 1.94 bits per heavy atom. The lowest BCUT2D eigenvalue weighted by Crippen LogP contribution is -2.26. The summed E-state index contributed by atoms with van der Waals surface area (Å²) in [5.41, 5.74) is 1.46. The lowest BCUT2D eigenvalue weighted by Gasteiger charge is -2.25. The Morgan fingerprint density at radius 3 is 2.50 bits per heavy atom. The van der Waals surface area contributed by atoms with Crippen LogP contribution >= 0.6 is 15.9 Å². The number of nitrogens with zero attached hydrogens (tertiary/aromatic N) is 1. The van der Waals surface area contributed by atoms with E-state index in [1.807, 2.05) is 12.1 Å². The molecule has 0 spiro atoms. The van der Waals surface area contributed by atoms with E-state index >= 15 is 0 Å². The Morgan fingerprint density at radius 1 is 1.28 bits per heavy atom. The number of carbonyl (C=O) groups is 1. The van der Waals surface area contributed by atoms with Crippen molar-refractivity contribution >= 4 is 27.6 Å². The zero-order valence-electron chi connectivity index (χ0n) is 10.2. The Hall–Kier alpha value is -1.03. The summed E-state index contributed by atoms with van der Waals surface area (Å²) in [5, 5.41) is 9.51. The van der Waals surface area contributed by atoms with Crippen LogP contribution in [0.2, 0.25) is 0 Å². The van der Waals surface area contributed by atoms with Crippen molar-refractivity contribution in [2.75, 3.05) is 18.0 Å². The highest BCUT2D eigenvalue weighted by Crippen LogP contribution is 2.54. The summed E-state index contributed by atoms with van der Waals surface area (Å²) >= 11 is 3.55. The predicted octanol–water partition coefficient (Wildman–Crippen LogP) is 3.17. The predicted molar refractivity (Wildman–Crippen MR) is 74.1 cm³/mol. The van der Waals surface area contributed by atoms with Crippen molar-refractivity contribution in [3.05, 3.63) is 28.2 Å². The number of rotatable bonds is 3. The van der Waals surface area contributed by atoms with Crippen LogP contribution in [0.4, 0.5) is 5.69 Å². The van der Waals surface area contributed by atoms with Gasteiger partial charge in [0.15, 0.2) is 0 Å². The summed E-state index contributed by atoms with van der Waals surface area (Å²) in [4.78, 5) is 13.9. The second-order valence-corrected chi connectivity index (χ2v) is 6.07. The fraction of sp³-hybridized carbons (Fsp3) is 0.500. The van der Waals surface area contributed by atoms with Gasteiger partial charge in [0.2, 0.25) is 0 Å². The summed E-state index contributed by atoms with van der Waals surface area (Å²) in [6, 6.07) is 6.02. The van der Waals surface area contributed by atoms with Crippen LogP contribution in [0.15, 0.2) is 22.7 Å². The molecule has 18 heavy (non-hydrogen) atoms. The largest absolute Gasteiger partial charge is 0.481 e. The minimum Gasteiger partial charge on any atom is -0.481 e. The van der Waals surface area contributed by atoms with Crippen LogP contribution in [-0.2, 0) is 10.2 Å². The van der Waals surface area contributed by atoms with Gasteiger partial charge in [-0.2, -0.15) is 0 Å². The molecule has 2 aliphatic rings. The van der Waals surface area contributed by atoms with E-state index in [1.165, 1.54) is 12.8 Å². The number of halogens is 1. The van der Waals surface area contributed by atoms with Crippen molar-refractivity contribution in [2.45, 2.75) is 31.1 Å². The van der Waals surface area contributed by atoms with E-state index in [0.717, 1.165) is 41.7 Å². The van der Waals surface area contributed by atoms with Crippen LogP contribution in [0.1, 0.15) is 31.2 Å². The Kier molecular flexibility index (Phi) is 2.85. The zero-order chi connectivity index (χ0) is 12.8. The average Bonchev–Trinajstić information content (AvgIpc) is 2.97. The molecule has 96 valence electrons. The lowest BCUT2D eigenvalue weighted by molar-refractivity contribution is -0.140. The standard InChI is InChI=1S/C14H16BrNO2/c15-10-4-3-5-11(16-8-1-2-9-16)12(10)14(6-7-14)13(17)18/h3-5H,1-2,6-9H2,(H,17,18). The molecule has 0 unspecified atom stereocenters. The van der Waals surface area contributed by atoms with Crippen LogP contribution in [0, 0.1) is 0 Å².